The Morgan fingerprint density at radius 1 is 1.20 bits per heavy atom. The predicted octanol–water partition coefficient (Wildman–Crippen LogP) is 3.78. The Morgan fingerprint density at radius 3 is 2.80 bits per heavy atom. The summed E-state index contributed by atoms with van der Waals surface area (Å²) in [6.45, 7) is 5.67. The lowest BCUT2D eigenvalue weighted by Crippen LogP contribution is -2.16. The molecule has 2 aromatic rings. The van der Waals surface area contributed by atoms with E-state index in [0.29, 0.717) is 0 Å². The van der Waals surface area contributed by atoms with Crippen molar-refractivity contribution in [3.05, 3.63) is 58.0 Å². The fourth-order valence-electron chi connectivity index (χ4n) is 2.14. The number of nitrogens with zero attached hydrogens (tertiary/aromatic N) is 1. The van der Waals surface area contributed by atoms with Crippen LogP contribution in [-0.2, 0) is 19.6 Å². The first-order chi connectivity index (χ1) is 9.67. The first-order valence-corrected chi connectivity index (χ1v) is 7.66. The highest BCUT2D eigenvalue weighted by molar-refractivity contribution is 9.10. The van der Waals surface area contributed by atoms with Gasteiger partial charge in [0.1, 0.15) is 5.76 Å². The van der Waals surface area contributed by atoms with Crippen molar-refractivity contribution < 1.29 is 4.42 Å². The number of hydrogen-bond donors (Lipinski definition) is 1. The van der Waals surface area contributed by atoms with Crippen LogP contribution in [0, 0.1) is 0 Å². The maximum atomic E-state index is 5.60. The third-order valence-electron chi connectivity index (χ3n) is 3.05. The number of nitrogens with one attached hydrogen (secondary N) is 1. The SMILES string of the molecule is CCNCc1coc(CN(C)Cc2cccc(Br)c2)c1. The number of hydrogen-bond acceptors (Lipinski definition) is 3. The second-order valence-electron chi connectivity index (χ2n) is 5.00. The van der Waals surface area contributed by atoms with Gasteiger partial charge in [-0.15, -0.1) is 0 Å². The largest absolute Gasteiger partial charge is 0.468 e. The highest BCUT2D eigenvalue weighted by Crippen LogP contribution is 2.15. The summed E-state index contributed by atoms with van der Waals surface area (Å²) in [4.78, 5) is 2.25. The van der Waals surface area contributed by atoms with E-state index in [-0.39, 0.29) is 0 Å². The van der Waals surface area contributed by atoms with Crippen LogP contribution < -0.4 is 5.32 Å². The van der Waals surface area contributed by atoms with Crippen LogP contribution in [0.25, 0.3) is 0 Å². The van der Waals surface area contributed by atoms with Gasteiger partial charge < -0.3 is 9.73 Å². The summed E-state index contributed by atoms with van der Waals surface area (Å²) in [5.41, 5.74) is 2.50. The van der Waals surface area contributed by atoms with Gasteiger partial charge in [-0.1, -0.05) is 35.0 Å². The molecule has 0 fully saturated rings. The molecule has 1 heterocycles. The summed E-state index contributed by atoms with van der Waals surface area (Å²) in [6.07, 6.45) is 1.84. The third kappa shape index (κ3) is 4.78. The molecule has 1 aromatic carbocycles. The molecule has 0 radical (unpaired) electrons. The second kappa shape index (κ2) is 7.62. The molecule has 0 aliphatic carbocycles. The van der Waals surface area contributed by atoms with Crippen LogP contribution in [0.4, 0.5) is 0 Å². The molecule has 108 valence electrons. The second-order valence-corrected chi connectivity index (χ2v) is 5.92. The number of benzene rings is 1. The molecule has 0 unspecified atom stereocenters. The summed E-state index contributed by atoms with van der Waals surface area (Å²) in [5, 5.41) is 3.30. The molecule has 4 heteroatoms. The van der Waals surface area contributed by atoms with E-state index in [2.05, 4.69) is 64.4 Å². The number of halogens is 1. The monoisotopic (exact) mass is 336 g/mol. The number of rotatable bonds is 7. The van der Waals surface area contributed by atoms with Gasteiger partial charge in [-0.2, -0.15) is 0 Å². The zero-order valence-electron chi connectivity index (χ0n) is 12.0. The van der Waals surface area contributed by atoms with Crippen molar-refractivity contribution in [1.29, 1.82) is 0 Å². The third-order valence-corrected chi connectivity index (χ3v) is 3.55. The molecule has 0 aliphatic heterocycles. The van der Waals surface area contributed by atoms with E-state index in [0.717, 1.165) is 36.4 Å². The summed E-state index contributed by atoms with van der Waals surface area (Å²) in [6, 6.07) is 10.5. The van der Waals surface area contributed by atoms with Crippen molar-refractivity contribution in [2.75, 3.05) is 13.6 Å². The van der Waals surface area contributed by atoms with E-state index in [4.69, 9.17) is 4.42 Å². The van der Waals surface area contributed by atoms with Gasteiger partial charge in [0.05, 0.1) is 12.8 Å². The van der Waals surface area contributed by atoms with Crippen LogP contribution in [0.2, 0.25) is 0 Å². The molecule has 0 bridgehead atoms. The Balaban J connectivity index is 1.87. The lowest BCUT2D eigenvalue weighted by atomic mass is 10.2. The average molecular weight is 337 g/mol. The molecule has 20 heavy (non-hydrogen) atoms. The van der Waals surface area contributed by atoms with Gasteiger partial charge in [0.25, 0.3) is 0 Å². The Bertz CT molecular complexity index is 539. The van der Waals surface area contributed by atoms with Crippen LogP contribution in [0.1, 0.15) is 23.8 Å². The van der Waals surface area contributed by atoms with Gasteiger partial charge in [0.2, 0.25) is 0 Å². The summed E-state index contributed by atoms with van der Waals surface area (Å²) >= 11 is 3.50. The maximum absolute atomic E-state index is 5.60. The zero-order valence-corrected chi connectivity index (χ0v) is 13.6. The molecule has 1 N–H and O–H groups in total. The quantitative estimate of drug-likeness (QED) is 0.833. The van der Waals surface area contributed by atoms with E-state index in [1.54, 1.807) is 0 Å². The molecule has 0 amide bonds. The van der Waals surface area contributed by atoms with Crippen LogP contribution in [0.15, 0.2) is 45.5 Å². The Morgan fingerprint density at radius 2 is 2.05 bits per heavy atom. The topological polar surface area (TPSA) is 28.4 Å². The molecule has 0 saturated heterocycles. The minimum Gasteiger partial charge on any atom is -0.468 e. The van der Waals surface area contributed by atoms with Crippen LogP contribution >= 0.6 is 15.9 Å². The van der Waals surface area contributed by atoms with Crippen molar-refractivity contribution >= 4 is 15.9 Å². The summed E-state index contributed by atoms with van der Waals surface area (Å²) in [7, 11) is 2.10. The van der Waals surface area contributed by atoms with E-state index in [1.165, 1.54) is 11.1 Å². The molecule has 0 aliphatic rings. The highest BCUT2D eigenvalue weighted by Gasteiger charge is 2.06. The van der Waals surface area contributed by atoms with Gasteiger partial charge in [-0.05, 0) is 37.4 Å². The zero-order chi connectivity index (χ0) is 14.4. The van der Waals surface area contributed by atoms with Crippen molar-refractivity contribution in [3.8, 4) is 0 Å². The minimum atomic E-state index is 0.818. The lowest BCUT2D eigenvalue weighted by Gasteiger charge is -2.15. The predicted molar refractivity (Wildman–Crippen MR) is 85.4 cm³/mol. The molecule has 0 spiro atoms. The van der Waals surface area contributed by atoms with Crippen LogP contribution in [0.3, 0.4) is 0 Å². The van der Waals surface area contributed by atoms with E-state index in [1.807, 2.05) is 12.3 Å². The van der Waals surface area contributed by atoms with Gasteiger partial charge >= 0.3 is 0 Å². The van der Waals surface area contributed by atoms with Gasteiger partial charge in [-0.3, -0.25) is 4.90 Å². The van der Waals surface area contributed by atoms with Crippen molar-refractivity contribution in [2.45, 2.75) is 26.6 Å². The molecule has 0 saturated carbocycles. The van der Waals surface area contributed by atoms with Gasteiger partial charge in [0.15, 0.2) is 0 Å². The van der Waals surface area contributed by atoms with E-state index in [9.17, 15) is 0 Å². The molecular weight excluding hydrogens is 316 g/mol. The van der Waals surface area contributed by atoms with E-state index >= 15 is 0 Å². The van der Waals surface area contributed by atoms with Crippen molar-refractivity contribution in [3.63, 3.8) is 0 Å². The molecule has 2 rings (SSSR count). The molecule has 1 aromatic heterocycles. The fraction of sp³-hybridized carbons (Fsp3) is 0.375. The van der Waals surface area contributed by atoms with Crippen LogP contribution in [-0.4, -0.2) is 18.5 Å². The van der Waals surface area contributed by atoms with Crippen molar-refractivity contribution in [1.82, 2.24) is 10.2 Å². The Labute approximate surface area is 129 Å². The lowest BCUT2D eigenvalue weighted by molar-refractivity contribution is 0.288. The molecular formula is C16H21BrN2O. The molecule has 0 atom stereocenters. The summed E-state index contributed by atoms with van der Waals surface area (Å²) < 4.78 is 6.72. The fourth-order valence-corrected chi connectivity index (χ4v) is 2.59. The minimum absolute atomic E-state index is 0.818. The van der Waals surface area contributed by atoms with Crippen LogP contribution in [0.5, 0.6) is 0 Å². The normalized spacial score (nSPS) is 11.2. The Kier molecular flexibility index (Phi) is 5.83. The first-order valence-electron chi connectivity index (χ1n) is 6.87. The average Bonchev–Trinajstić information content (AvgIpc) is 2.83. The first kappa shape index (κ1) is 15.3. The maximum Gasteiger partial charge on any atom is 0.118 e. The number of furan rings is 1. The standard InChI is InChI=1S/C16H21BrN2O/c1-3-18-9-14-8-16(20-12-14)11-19(2)10-13-5-4-6-15(17)7-13/h4-8,12,18H,3,9-11H2,1-2H3. The van der Waals surface area contributed by atoms with Gasteiger partial charge in [0, 0.05) is 23.1 Å². The highest BCUT2D eigenvalue weighted by atomic mass is 79.9. The Hall–Kier alpha value is -1.10. The van der Waals surface area contributed by atoms with E-state index < -0.39 is 0 Å². The smallest absolute Gasteiger partial charge is 0.118 e. The van der Waals surface area contributed by atoms with Crippen molar-refractivity contribution in [2.24, 2.45) is 0 Å². The van der Waals surface area contributed by atoms with Gasteiger partial charge in [-0.25, -0.2) is 0 Å². The molecule has 3 nitrogen and oxygen atoms in total. The summed E-state index contributed by atoms with van der Waals surface area (Å²) in [5.74, 6) is 1.01.